The Morgan fingerprint density at radius 3 is 2.70 bits per heavy atom. The summed E-state index contributed by atoms with van der Waals surface area (Å²) in [7, 11) is -3.85. The minimum Gasteiger partial charge on any atom is -0.480 e. The van der Waals surface area contributed by atoms with E-state index in [-0.39, 0.29) is 13.0 Å². The van der Waals surface area contributed by atoms with E-state index in [1.807, 2.05) is 30.3 Å². The van der Waals surface area contributed by atoms with Gasteiger partial charge in [0.1, 0.15) is 23.2 Å². The minimum absolute atomic E-state index is 0.144. The molecular formula is C17H19N4O5S+. The van der Waals surface area contributed by atoms with E-state index in [0.717, 1.165) is 10.5 Å². The molecule has 2 fully saturated rings. The largest absolute Gasteiger partial charge is 0.480 e. The second-order valence-electron chi connectivity index (χ2n) is 7.13. The second-order valence-corrected chi connectivity index (χ2v) is 9.69. The lowest BCUT2D eigenvalue weighted by Crippen LogP contribution is -2.58. The van der Waals surface area contributed by atoms with Crippen molar-refractivity contribution in [2.45, 2.75) is 42.6 Å². The Labute approximate surface area is 155 Å². The lowest BCUT2D eigenvalue weighted by atomic mass is 9.96. The molecule has 3 heterocycles. The number of benzene rings is 1. The molecule has 1 aromatic heterocycles. The Bertz CT molecular complexity index is 1020. The molecule has 2 aliphatic rings. The molecule has 10 heteroatoms. The molecule has 1 amide bonds. The van der Waals surface area contributed by atoms with Crippen LogP contribution < -0.4 is 4.68 Å². The SMILES string of the molecule is C[C@@]1(Cn2cc[n+](Cc3ccccc3)n2)[C@@H](C(=O)O)N2C(=O)C[C@H]2S1(=O)=O. The van der Waals surface area contributed by atoms with Crippen molar-refractivity contribution in [2.75, 3.05) is 0 Å². The number of β-lactam (4-membered cyclic amide) rings is 1. The molecule has 1 N–H and O–H groups in total. The van der Waals surface area contributed by atoms with Crippen molar-refractivity contribution in [1.29, 1.82) is 0 Å². The van der Waals surface area contributed by atoms with E-state index in [2.05, 4.69) is 5.21 Å². The summed E-state index contributed by atoms with van der Waals surface area (Å²) in [5, 5.41) is 12.9. The number of sulfone groups is 1. The van der Waals surface area contributed by atoms with E-state index >= 15 is 0 Å². The number of carboxylic acids is 1. The number of nitrogens with zero attached hydrogens (tertiary/aromatic N) is 4. The Hall–Kier alpha value is -2.75. The first kappa shape index (κ1) is 17.7. The van der Waals surface area contributed by atoms with Crippen LogP contribution in [0.1, 0.15) is 18.9 Å². The van der Waals surface area contributed by atoms with Gasteiger partial charge in [0.05, 0.1) is 11.6 Å². The fourth-order valence-corrected chi connectivity index (χ4v) is 6.27. The van der Waals surface area contributed by atoms with Gasteiger partial charge in [0.2, 0.25) is 5.91 Å². The maximum Gasteiger partial charge on any atom is 0.328 e. The van der Waals surface area contributed by atoms with Crippen LogP contribution in [0.3, 0.4) is 0 Å². The van der Waals surface area contributed by atoms with Crippen LogP contribution in [0.2, 0.25) is 0 Å². The van der Waals surface area contributed by atoms with E-state index in [1.165, 1.54) is 11.6 Å². The molecule has 0 saturated carbocycles. The number of hydrogen-bond donors (Lipinski definition) is 1. The molecule has 4 rings (SSSR count). The quantitative estimate of drug-likeness (QED) is 0.539. The van der Waals surface area contributed by atoms with Gasteiger partial charge in [-0.2, -0.15) is 0 Å². The van der Waals surface area contributed by atoms with Crippen molar-refractivity contribution in [2.24, 2.45) is 0 Å². The number of rotatable bonds is 5. The molecule has 142 valence electrons. The van der Waals surface area contributed by atoms with E-state index in [9.17, 15) is 23.1 Å². The number of aromatic nitrogens is 3. The zero-order valence-electron chi connectivity index (χ0n) is 14.6. The van der Waals surface area contributed by atoms with Gasteiger partial charge in [-0.25, -0.2) is 13.2 Å². The molecule has 0 radical (unpaired) electrons. The van der Waals surface area contributed by atoms with Crippen LogP contribution >= 0.6 is 0 Å². The molecule has 9 nitrogen and oxygen atoms in total. The van der Waals surface area contributed by atoms with E-state index in [0.29, 0.717) is 6.54 Å². The average Bonchev–Trinajstić information content (AvgIpc) is 3.08. The first-order valence-corrected chi connectivity index (χ1v) is 10.0. The van der Waals surface area contributed by atoms with Crippen molar-refractivity contribution in [3.63, 3.8) is 0 Å². The number of fused-ring (bicyclic) bond motifs is 1. The predicted molar refractivity (Wildman–Crippen MR) is 92.0 cm³/mol. The van der Waals surface area contributed by atoms with Crippen LogP contribution in [-0.4, -0.2) is 56.4 Å². The van der Waals surface area contributed by atoms with Gasteiger partial charge in [-0.1, -0.05) is 30.3 Å². The summed E-state index contributed by atoms with van der Waals surface area (Å²) in [5.41, 5.74) is 1.03. The van der Waals surface area contributed by atoms with E-state index in [4.69, 9.17) is 0 Å². The molecule has 27 heavy (non-hydrogen) atoms. The van der Waals surface area contributed by atoms with Gasteiger partial charge in [-0.15, -0.1) is 9.36 Å². The van der Waals surface area contributed by atoms with Crippen LogP contribution in [-0.2, 0) is 32.5 Å². The van der Waals surface area contributed by atoms with Crippen molar-refractivity contribution in [3.05, 3.63) is 48.3 Å². The maximum atomic E-state index is 12.9. The van der Waals surface area contributed by atoms with Crippen LogP contribution in [0.4, 0.5) is 0 Å². The third-order valence-electron chi connectivity index (χ3n) is 5.35. The summed E-state index contributed by atoms with van der Waals surface area (Å²) in [6, 6.07) is 8.23. The molecule has 2 aliphatic heterocycles. The Morgan fingerprint density at radius 1 is 1.37 bits per heavy atom. The average molecular weight is 391 g/mol. The molecule has 2 aromatic rings. The summed E-state index contributed by atoms with van der Waals surface area (Å²) >= 11 is 0. The molecular weight excluding hydrogens is 372 g/mol. The standard InChI is InChI=1S/C17H18N4O5S/c1-17(15(16(23)24)21-13(22)9-14(21)27(17,25)26)11-20-8-7-19(18-20)10-12-5-3-2-4-6-12/h2-8,14-15H,9-11H2,1H3/p+1/t14-,15-,17-/m1/s1. The van der Waals surface area contributed by atoms with Crippen molar-refractivity contribution >= 4 is 21.7 Å². The van der Waals surface area contributed by atoms with Crippen molar-refractivity contribution in [1.82, 2.24) is 14.8 Å². The first-order valence-electron chi connectivity index (χ1n) is 8.48. The van der Waals surface area contributed by atoms with Gasteiger partial charge in [0, 0.05) is 0 Å². The highest BCUT2D eigenvalue weighted by molar-refractivity contribution is 7.93. The number of carboxylic acid groups (broad SMARTS) is 1. The topological polar surface area (TPSA) is 113 Å². The maximum absolute atomic E-state index is 12.9. The smallest absolute Gasteiger partial charge is 0.328 e. The zero-order valence-corrected chi connectivity index (χ0v) is 15.4. The van der Waals surface area contributed by atoms with Crippen molar-refractivity contribution in [3.8, 4) is 0 Å². The van der Waals surface area contributed by atoms with E-state index < -0.39 is 37.9 Å². The second kappa shape index (κ2) is 5.88. The molecule has 0 aliphatic carbocycles. The van der Waals surface area contributed by atoms with Gasteiger partial charge in [-0.05, 0) is 12.5 Å². The molecule has 3 atom stereocenters. The van der Waals surface area contributed by atoms with Crippen LogP contribution in [0.5, 0.6) is 0 Å². The minimum atomic E-state index is -3.85. The first-order chi connectivity index (χ1) is 12.7. The number of hydrogen-bond acceptors (Lipinski definition) is 5. The summed E-state index contributed by atoms with van der Waals surface area (Å²) in [6.45, 7) is 1.75. The lowest BCUT2D eigenvalue weighted by molar-refractivity contribution is -0.747. The van der Waals surface area contributed by atoms with Crippen LogP contribution in [0, 0.1) is 0 Å². The summed E-state index contributed by atoms with van der Waals surface area (Å²) in [5.74, 6) is -1.76. The summed E-state index contributed by atoms with van der Waals surface area (Å²) in [6.07, 6.45) is 3.16. The van der Waals surface area contributed by atoms with Gasteiger partial charge in [0.15, 0.2) is 28.3 Å². The fraction of sp³-hybridized carbons (Fsp3) is 0.412. The Morgan fingerprint density at radius 2 is 2.07 bits per heavy atom. The van der Waals surface area contributed by atoms with Gasteiger partial charge in [-0.3, -0.25) is 4.79 Å². The summed E-state index contributed by atoms with van der Waals surface area (Å²) < 4.78 is 27.3. The number of aliphatic carboxylic acids is 1. The Kier molecular flexibility index (Phi) is 3.84. The third-order valence-corrected chi connectivity index (χ3v) is 8.11. The number of amides is 1. The molecule has 0 unspecified atom stereocenters. The highest BCUT2D eigenvalue weighted by Gasteiger charge is 2.71. The molecule has 0 bridgehead atoms. The number of carbonyl (C=O) groups excluding carboxylic acids is 1. The van der Waals surface area contributed by atoms with E-state index in [1.54, 1.807) is 17.1 Å². The van der Waals surface area contributed by atoms with Gasteiger partial charge in [0.25, 0.3) is 0 Å². The van der Waals surface area contributed by atoms with Crippen molar-refractivity contribution < 1.29 is 27.8 Å². The predicted octanol–water partition coefficient (Wildman–Crippen LogP) is -0.582. The summed E-state index contributed by atoms with van der Waals surface area (Å²) in [4.78, 5) is 24.6. The van der Waals surface area contributed by atoms with Crippen LogP contribution in [0.25, 0.3) is 0 Å². The third kappa shape index (κ3) is 2.54. The molecule has 0 spiro atoms. The molecule has 1 aromatic carbocycles. The highest BCUT2D eigenvalue weighted by Crippen LogP contribution is 2.46. The highest BCUT2D eigenvalue weighted by atomic mass is 32.2. The fourth-order valence-electron chi connectivity index (χ4n) is 3.91. The Balaban J connectivity index is 1.63. The van der Waals surface area contributed by atoms with Gasteiger partial charge < -0.3 is 10.0 Å². The normalized spacial score (nSPS) is 28.6. The lowest BCUT2D eigenvalue weighted by Gasteiger charge is -2.35. The molecule has 2 saturated heterocycles. The monoisotopic (exact) mass is 391 g/mol. The van der Waals surface area contributed by atoms with Crippen LogP contribution in [0.15, 0.2) is 42.7 Å². The number of carbonyl (C=O) groups is 2. The van der Waals surface area contributed by atoms with Gasteiger partial charge >= 0.3 is 5.97 Å². The zero-order chi connectivity index (χ0) is 19.4.